The first-order chi connectivity index (χ1) is 22.6. The maximum atomic E-state index is 12.1. The van der Waals surface area contributed by atoms with Gasteiger partial charge in [-0.1, -0.05) is 0 Å². The third-order valence-corrected chi connectivity index (χ3v) is 8.03. The van der Waals surface area contributed by atoms with Crippen LogP contribution in [0.4, 0.5) is 19.2 Å². The van der Waals surface area contributed by atoms with Gasteiger partial charge in [-0.3, -0.25) is 0 Å². The van der Waals surface area contributed by atoms with Crippen LogP contribution in [0.1, 0.15) is 60.8 Å². The molecule has 3 atom stereocenters. The third-order valence-electron chi connectivity index (χ3n) is 8.03. The Morgan fingerprint density at radius 1 is 0.653 bits per heavy atom. The minimum absolute atomic E-state index is 0. The fourth-order valence-electron chi connectivity index (χ4n) is 5.49. The van der Waals surface area contributed by atoms with Gasteiger partial charge in [-0.2, -0.15) is 0 Å². The molecule has 49 heavy (non-hydrogen) atoms. The lowest BCUT2D eigenvalue weighted by Crippen LogP contribution is -2.50. The molecule has 0 bridgehead atoms. The van der Waals surface area contributed by atoms with Crippen molar-refractivity contribution in [2.75, 3.05) is 91.9 Å². The number of urea groups is 2. The van der Waals surface area contributed by atoms with Crippen molar-refractivity contribution in [2.24, 2.45) is 5.73 Å². The molecule has 0 aliphatic carbocycles. The fourth-order valence-corrected chi connectivity index (χ4v) is 5.49. The minimum atomic E-state index is -0.494. The molecule has 0 radical (unpaired) electrons. The Labute approximate surface area is 297 Å². The third kappa shape index (κ3) is 16.2. The Morgan fingerprint density at radius 2 is 1.10 bits per heavy atom. The van der Waals surface area contributed by atoms with E-state index in [1.165, 1.54) is 0 Å². The number of morpholine rings is 2. The molecule has 5 aliphatic rings. The van der Waals surface area contributed by atoms with Gasteiger partial charge in [-0.25, -0.2) is 19.2 Å². The highest BCUT2D eigenvalue weighted by Crippen LogP contribution is 2.16. The van der Waals surface area contributed by atoms with E-state index in [0.717, 1.165) is 38.9 Å². The van der Waals surface area contributed by atoms with Crippen LogP contribution in [0.25, 0.3) is 0 Å². The van der Waals surface area contributed by atoms with E-state index in [2.05, 4.69) is 16.0 Å². The Hall–Kier alpha value is -2.79. The van der Waals surface area contributed by atoms with Gasteiger partial charge in [0, 0.05) is 77.0 Å². The van der Waals surface area contributed by atoms with Crippen molar-refractivity contribution < 1.29 is 38.1 Å². The summed E-state index contributed by atoms with van der Waals surface area (Å²) < 4.78 is 20.9. The largest absolute Gasteiger partial charge is 0.444 e. The van der Waals surface area contributed by atoms with E-state index in [4.69, 9.17) is 24.7 Å². The zero-order chi connectivity index (χ0) is 35.3. The molecule has 5 rings (SSSR count). The van der Waals surface area contributed by atoms with Crippen molar-refractivity contribution >= 4 is 36.7 Å². The number of nitrogens with two attached hydrogens (primary N) is 1. The lowest BCUT2D eigenvalue weighted by molar-refractivity contribution is 0.0281. The van der Waals surface area contributed by atoms with Crippen molar-refractivity contribution in [2.45, 2.75) is 90.1 Å². The van der Waals surface area contributed by atoms with Crippen LogP contribution in [-0.4, -0.2) is 165 Å². The number of nitrogens with one attached hydrogen (secondary N) is 3. The van der Waals surface area contributed by atoms with E-state index in [1.807, 2.05) is 46.4 Å². The number of ether oxygens (including phenoxy) is 4. The van der Waals surface area contributed by atoms with Crippen LogP contribution in [0.2, 0.25) is 0 Å². The molecule has 0 spiro atoms. The van der Waals surface area contributed by atoms with Gasteiger partial charge in [0.2, 0.25) is 0 Å². The topological polar surface area (TPSA) is 180 Å². The van der Waals surface area contributed by atoms with Crippen LogP contribution < -0.4 is 21.7 Å². The van der Waals surface area contributed by atoms with Crippen molar-refractivity contribution in [3.05, 3.63) is 0 Å². The first-order valence-electron chi connectivity index (χ1n) is 17.3. The van der Waals surface area contributed by atoms with E-state index in [-0.39, 0.29) is 48.7 Å². The average Bonchev–Trinajstić information content (AvgIpc) is 3.80. The summed E-state index contributed by atoms with van der Waals surface area (Å²) in [5.74, 6) is 0. The molecule has 16 nitrogen and oxygen atoms in total. The number of hydrogen-bond donors (Lipinski definition) is 4. The minimum Gasteiger partial charge on any atom is -0.444 e. The molecular weight excluding hydrogens is 660 g/mol. The second-order valence-electron chi connectivity index (χ2n) is 14.7. The van der Waals surface area contributed by atoms with Gasteiger partial charge in [0.15, 0.2) is 0 Å². The zero-order valence-electron chi connectivity index (χ0n) is 30.3. The monoisotopic (exact) mass is 720 g/mol. The fraction of sp³-hybridized carbons (Fsp3) is 0.875. The highest BCUT2D eigenvalue weighted by molar-refractivity contribution is 5.85. The summed E-state index contributed by atoms with van der Waals surface area (Å²) in [5, 5.41) is 9.22. The van der Waals surface area contributed by atoms with E-state index in [1.54, 1.807) is 14.7 Å². The molecule has 6 amide bonds. The summed E-state index contributed by atoms with van der Waals surface area (Å²) in [7, 11) is 0. The van der Waals surface area contributed by atoms with Crippen LogP contribution in [0.3, 0.4) is 0 Å². The van der Waals surface area contributed by atoms with Gasteiger partial charge in [0.25, 0.3) is 0 Å². The van der Waals surface area contributed by atoms with Crippen molar-refractivity contribution in [3.63, 3.8) is 0 Å². The second kappa shape index (κ2) is 20.2. The van der Waals surface area contributed by atoms with Crippen molar-refractivity contribution in [1.82, 2.24) is 35.6 Å². The number of carbonyl (C=O) groups is 4. The molecule has 0 saturated carbocycles. The number of rotatable bonds is 2. The Morgan fingerprint density at radius 3 is 1.51 bits per heavy atom. The Balaban J connectivity index is 0.000000263. The number of halogens is 1. The molecule has 3 unspecified atom stereocenters. The van der Waals surface area contributed by atoms with E-state index in [9.17, 15) is 19.2 Å². The van der Waals surface area contributed by atoms with Crippen LogP contribution in [0, 0.1) is 0 Å². The summed E-state index contributed by atoms with van der Waals surface area (Å²) in [4.78, 5) is 54.1. The number of likely N-dealkylation sites (tertiary alicyclic amines) is 2. The van der Waals surface area contributed by atoms with Gasteiger partial charge >= 0.3 is 24.2 Å². The van der Waals surface area contributed by atoms with Gasteiger partial charge in [-0.05, 0) is 67.3 Å². The molecule has 5 N–H and O–H groups in total. The average molecular weight is 721 g/mol. The standard InChI is InChI=1S/C14H25N3O4.C9H17N3O2.C9H18N2O2.ClH/c1-14(2,3)21-13(19)17-5-4-11(10-17)15-12(18)16-6-8-20-9-7-16;13-9(11-8-1-2-10-7-8)12-3-5-14-6-4-12;1-9(2,3)13-8(12)11-5-4-7(10)6-11;/h11H,4-10H2,1-3H3,(H,15,18);8,10H,1-7H2,(H,11,13);7H,4-6,10H2,1-3H3;1H. The quantitative estimate of drug-likeness (QED) is 0.329. The van der Waals surface area contributed by atoms with Crippen molar-refractivity contribution in [3.8, 4) is 0 Å². The molecule has 0 aromatic rings. The highest BCUT2D eigenvalue weighted by Gasteiger charge is 2.32. The van der Waals surface area contributed by atoms with Crippen LogP contribution in [0.15, 0.2) is 0 Å². The highest BCUT2D eigenvalue weighted by atomic mass is 35.5. The smallest absolute Gasteiger partial charge is 0.410 e. The molecule has 0 aromatic heterocycles. The van der Waals surface area contributed by atoms with Gasteiger partial charge in [-0.15, -0.1) is 12.4 Å². The predicted molar refractivity (Wildman–Crippen MR) is 187 cm³/mol. The number of amides is 6. The second-order valence-corrected chi connectivity index (χ2v) is 14.7. The molecule has 17 heteroatoms. The summed E-state index contributed by atoms with van der Waals surface area (Å²) in [6, 6.07) is 0.405. The summed E-state index contributed by atoms with van der Waals surface area (Å²) in [6.07, 6.45) is 2.11. The Bertz CT molecular complexity index is 1040. The first-order valence-corrected chi connectivity index (χ1v) is 17.3. The SMILES string of the molecule is CC(C)(C)OC(=O)N1CCC(N)C1.CC(C)(C)OC(=O)N1CCC(NC(=O)N2CCOCC2)C1.Cl.O=C(NC1CCNC1)N1CCOCC1. The maximum Gasteiger partial charge on any atom is 0.410 e. The number of carbonyl (C=O) groups excluding carboxylic acids is 4. The van der Waals surface area contributed by atoms with Crippen LogP contribution >= 0.6 is 12.4 Å². The summed E-state index contributed by atoms with van der Waals surface area (Å²) >= 11 is 0. The number of nitrogens with zero attached hydrogens (tertiary/aromatic N) is 4. The van der Waals surface area contributed by atoms with E-state index >= 15 is 0 Å². The maximum absolute atomic E-state index is 12.1. The lowest BCUT2D eigenvalue weighted by Gasteiger charge is -2.28. The molecule has 284 valence electrons. The molecule has 5 heterocycles. The van der Waals surface area contributed by atoms with E-state index < -0.39 is 11.2 Å². The van der Waals surface area contributed by atoms with Crippen molar-refractivity contribution in [1.29, 1.82) is 0 Å². The van der Waals surface area contributed by atoms with Crippen LogP contribution in [-0.2, 0) is 18.9 Å². The molecule has 5 aliphatic heterocycles. The number of hydrogen-bond acceptors (Lipinski definition) is 10. The zero-order valence-corrected chi connectivity index (χ0v) is 31.1. The molecule has 0 aromatic carbocycles. The summed E-state index contributed by atoms with van der Waals surface area (Å²) in [5.41, 5.74) is 4.77. The normalized spacial score (nSPS) is 24.0. The lowest BCUT2D eigenvalue weighted by atomic mass is 10.2. The van der Waals surface area contributed by atoms with Gasteiger partial charge in [0.1, 0.15) is 11.2 Å². The molecular formula is C32H61ClN8O8. The van der Waals surface area contributed by atoms with Gasteiger partial charge in [0.05, 0.1) is 26.4 Å². The Kier molecular flexibility index (Phi) is 17.4. The van der Waals surface area contributed by atoms with E-state index in [0.29, 0.717) is 78.3 Å². The van der Waals surface area contributed by atoms with Crippen LogP contribution in [0.5, 0.6) is 0 Å². The molecule has 5 saturated heterocycles. The first kappa shape index (κ1) is 42.4. The molecule has 5 fully saturated rings. The predicted octanol–water partition coefficient (Wildman–Crippen LogP) is 1.80. The van der Waals surface area contributed by atoms with Gasteiger partial charge < -0.3 is 60.2 Å². The summed E-state index contributed by atoms with van der Waals surface area (Å²) in [6.45, 7) is 20.7.